The monoisotopic (exact) mass is 256 g/mol. The number of alkyl halides is 1. The molecule has 100 valence electrons. The van der Waals surface area contributed by atoms with E-state index in [1.807, 2.05) is 0 Å². The Morgan fingerprint density at radius 3 is 3.00 bits per heavy atom. The van der Waals surface area contributed by atoms with Crippen LogP contribution in [0.4, 0.5) is 10.1 Å². The van der Waals surface area contributed by atoms with E-state index >= 15 is 0 Å². The number of nitrogens with zero attached hydrogens (tertiary/aromatic N) is 4. The number of halogens is 1. The molecule has 0 aromatic carbocycles. The van der Waals surface area contributed by atoms with Crippen LogP contribution < -0.4 is 0 Å². The van der Waals surface area contributed by atoms with Gasteiger partial charge in [0.2, 0.25) is 0 Å². The van der Waals surface area contributed by atoms with Gasteiger partial charge >= 0.3 is 5.69 Å². The normalized spacial score (nSPS) is 25.2. The van der Waals surface area contributed by atoms with Gasteiger partial charge in [-0.1, -0.05) is 6.92 Å². The molecular weight excluding hydrogens is 239 g/mol. The van der Waals surface area contributed by atoms with Crippen molar-refractivity contribution in [3.8, 4) is 0 Å². The van der Waals surface area contributed by atoms with Crippen LogP contribution in [0.1, 0.15) is 25.8 Å². The van der Waals surface area contributed by atoms with Crippen LogP contribution in [0.3, 0.4) is 0 Å². The topological polar surface area (TPSA) is 64.2 Å². The highest BCUT2D eigenvalue weighted by atomic mass is 19.1. The van der Waals surface area contributed by atoms with Crippen molar-refractivity contribution in [2.24, 2.45) is 0 Å². The minimum absolute atomic E-state index is 0.0850. The summed E-state index contributed by atoms with van der Waals surface area (Å²) in [5.41, 5.74) is -0.0850. The predicted molar refractivity (Wildman–Crippen MR) is 64.2 cm³/mol. The van der Waals surface area contributed by atoms with Gasteiger partial charge in [-0.3, -0.25) is 14.8 Å². The van der Waals surface area contributed by atoms with Gasteiger partial charge in [0.05, 0.1) is 11.0 Å². The first-order valence-electron chi connectivity index (χ1n) is 6.16. The maximum Gasteiger partial charge on any atom is 0.307 e. The zero-order valence-corrected chi connectivity index (χ0v) is 10.3. The SMILES string of the molecule is CCCN1CCC(n2cc([N+](=O)[O-])cn2)C(F)C1. The van der Waals surface area contributed by atoms with Gasteiger partial charge in [-0.15, -0.1) is 0 Å². The molecule has 6 nitrogen and oxygen atoms in total. The minimum atomic E-state index is -1.02. The number of aromatic nitrogens is 2. The molecule has 0 saturated carbocycles. The van der Waals surface area contributed by atoms with E-state index in [4.69, 9.17) is 0 Å². The van der Waals surface area contributed by atoms with Gasteiger partial charge in [0, 0.05) is 13.1 Å². The van der Waals surface area contributed by atoms with E-state index in [1.165, 1.54) is 17.1 Å². The van der Waals surface area contributed by atoms with Crippen LogP contribution in [-0.2, 0) is 0 Å². The van der Waals surface area contributed by atoms with E-state index in [0.717, 1.165) is 19.5 Å². The average molecular weight is 256 g/mol. The second-order valence-electron chi connectivity index (χ2n) is 4.61. The average Bonchev–Trinajstić information content (AvgIpc) is 2.79. The third-order valence-electron chi connectivity index (χ3n) is 3.27. The Morgan fingerprint density at radius 2 is 2.44 bits per heavy atom. The van der Waals surface area contributed by atoms with E-state index in [0.29, 0.717) is 13.0 Å². The summed E-state index contributed by atoms with van der Waals surface area (Å²) >= 11 is 0. The van der Waals surface area contributed by atoms with E-state index in [2.05, 4.69) is 16.9 Å². The second-order valence-corrected chi connectivity index (χ2v) is 4.61. The quantitative estimate of drug-likeness (QED) is 0.608. The number of rotatable bonds is 4. The molecule has 0 spiro atoms. The van der Waals surface area contributed by atoms with Gasteiger partial charge in [-0.25, -0.2) is 4.39 Å². The number of hydrogen-bond donors (Lipinski definition) is 0. The predicted octanol–water partition coefficient (Wildman–Crippen LogP) is 1.79. The largest absolute Gasteiger partial charge is 0.307 e. The summed E-state index contributed by atoms with van der Waals surface area (Å²) in [4.78, 5) is 12.1. The first-order valence-corrected chi connectivity index (χ1v) is 6.16. The fraction of sp³-hybridized carbons (Fsp3) is 0.727. The second kappa shape index (κ2) is 5.43. The van der Waals surface area contributed by atoms with Gasteiger partial charge in [0.15, 0.2) is 0 Å². The Balaban J connectivity index is 2.03. The lowest BCUT2D eigenvalue weighted by Crippen LogP contribution is -2.43. The number of piperidine rings is 1. The summed E-state index contributed by atoms with van der Waals surface area (Å²) < 4.78 is 15.4. The van der Waals surface area contributed by atoms with Gasteiger partial charge in [-0.05, 0) is 19.4 Å². The van der Waals surface area contributed by atoms with Crippen LogP contribution in [0.15, 0.2) is 12.4 Å². The van der Waals surface area contributed by atoms with Crippen molar-refractivity contribution in [1.82, 2.24) is 14.7 Å². The summed E-state index contributed by atoms with van der Waals surface area (Å²) in [5, 5.41) is 14.5. The third kappa shape index (κ3) is 2.66. The Morgan fingerprint density at radius 1 is 1.67 bits per heavy atom. The molecule has 0 radical (unpaired) electrons. The Bertz CT molecular complexity index is 423. The first-order chi connectivity index (χ1) is 8.61. The molecule has 1 fully saturated rings. The van der Waals surface area contributed by atoms with Gasteiger partial charge < -0.3 is 4.90 Å². The molecule has 2 heterocycles. The molecule has 0 amide bonds. The highest BCUT2D eigenvalue weighted by Crippen LogP contribution is 2.26. The summed E-state index contributed by atoms with van der Waals surface area (Å²) in [7, 11) is 0. The maximum atomic E-state index is 14.0. The summed E-state index contributed by atoms with van der Waals surface area (Å²) in [6.07, 6.45) is 3.10. The number of hydrogen-bond acceptors (Lipinski definition) is 4. The molecule has 0 aliphatic carbocycles. The molecule has 1 aromatic rings. The molecule has 7 heteroatoms. The van der Waals surface area contributed by atoms with E-state index in [1.54, 1.807) is 0 Å². The fourth-order valence-electron chi connectivity index (χ4n) is 2.38. The molecule has 1 aliphatic rings. The molecule has 1 aromatic heterocycles. The Labute approximate surface area is 105 Å². The molecule has 2 unspecified atom stereocenters. The van der Waals surface area contributed by atoms with Crippen molar-refractivity contribution in [3.05, 3.63) is 22.5 Å². The molecule has 1 saturated heterocycles. The number of nitro groups is 1. The fourth-order valence-corrected chi connectivity index (χ4v) is 2.38. The van der Waals surface area contributed by atoms with Crippen LogP contribution in [0.25, 0.3) is 0 Å². The van der Waals surface area contributed by atoms with E-state index in [9.17, 15) is 14.5 Å². The smallest absolute Gasteiger partial charge is 0.300 e. The highest BCUT2D eigenvalue weighted by Gasteiger charge is 2.31. The van der Waals surface area contributed by atoms with Crippen LogP contribution in [0.2, 0.25) is 0 Å². The molecule has 1 aliphatic heterocycles. The summed E-state index contributed by atoms with van der Waals surface area (Å²) in [6.45, 7) is 4.15. The van der Waals surface area contributed by atoms with Gasteiger partial charge in [0.25, 0.3) is 0 Å². The van der Waals surface area contributed by atoms with Crippen molar-refractivity contribution < 1.29 is 9.31 Å². The summed E-state index contributed by atoms with van der Waals surface area (Å²) in [6, 6.07) is -0.383. The maximum absolute atomic E-state index is 14.0. The standard InChI is InChI=1S/C11H17FN4O2/c1-2-4-14-5-3-11(10(12)8-14)15-7-9(6-13-15)16(17)18/h6-7,10-11H,2-5,8H2,1H3. The van der Waals surface area contributed by atoms with Crippen LogP contribution >= 0.6 is 0 Å². The molecule has 18 heavy (non-hydrogen) atoms. The summed E-state index contributed by atoms with van der Waals surface area (Å²) in [5.74, 6) is 0. The van der Waals surface area contributed by atoms with Crippen LogP contribution in [-0.4, -0.2) is 45.4 Å². The lowest BCUT2D eigenvalue weighted by Gasteiger charge is -2.34. The van der Waals surface area contributed by atoms with Gasteiger partial charge in [0.1, 0.15) is 18.6 Å². The molecule has 0 bridgehead atoms. The zero-order chi connectivity index (χ0) is 13.1. The van der Waals surface area contributed by atoms with Crippen molar-refractivity contribution in [3.63, 3.8) is 0 Å². The molecule has 2 atom stereocenters. The zero-order valence-electron chi connectivity index (χ0n) is 10.3. The third-order valence-corrected chi connectivity index (χ3v) is 3.27. The molecular formula is C11H17FN4O2. The lowest BCUT2D eigenvalue weighted by molar-refractivity contribution is -0.385. The van der Waals surface area contributed by atoms with Crippen molar-refractivity contribution in [1.29, 1.82) is 0 Å². The number of likely N-dealkylation sites (tertiary alicyclic amines) is 1. The molecule has 0 N–H and O–H groups in total. The molecule has 2 rings (SSSR count). The Hall–Kier alpha value is -1.50. The minimum Gasteiger partial charge on any atom is -0.300 e. The first kappa shape index (κ1) is 12.9. The highest BCUT2D eigenvalue weighted by molar-refractivity contribution is 5.21. The van der Waals surface area contributed by atoms with Crippen LogP contribution in [0, 0.1) is 10.1 Å². The van der Waals surface area contributed by atoms with E-state index in [-0.39, 0.29) is 11.7 Å². The van der Waals surface area contributed by atoms with E-state index < -0.39 is 11.1 Å². The van der Waals surface area contributed by atoms with Crippen molar-refractivity contribution in [2.75, 3.05) is 19.6 Å². The van der Waals surface area contributed by atoms with Crippen LogP contribution in [0.5, 0.6) is 0 Å². The lowest BCUT2D eigenvalue weighted by atomic mass is 10.0. The van der Waals surface area contributed by atoms with Gasteiger partial charge in [-0.2, -0.15) is 5.10 Å². The van der Waals surface area contributed by atoms with Crippen molar-refractivity contribution in [2.45, 2.75) is 32.0 Å². The van der Waals surface area contributed by atoms with Crippen molar-refractivity contribution >= 4 is 5.69 Å². The Kier molecular flexibility index (Phi) is 3.90.